The number of esters is 1. The van der Waals surface area contributed by atoms with Crippen LogP contribution in [0.5, 0.6) is 0 Å². The lowest BCUT2D eigenvalue weighted by Gasteiger charge is -2.33. The second-order valence-corrected chi connectivity index (χ2v) is 9.50. The van der Waals surface area contributed by atoms with E-state index in [1.807, 2.05) is 6.07 Å². The number of likely N-dealkylation sites (tertiary alicyclic amines) is 1. The average molecular weight is 467 g/mol. The van der Waals surface area contributed by atoms with Gasteiger partial charge in [0.2, 0.25) is 0 Å². The van der Waals surface area contributed by atoms with Crippen molar-refractivity contribution in [2.24, 2.45) is 10.3 Å². The van der Waals surface area contributed by atoms with Crippen molar-refractivity contribution in [1.29, 1.82) is 5.26 Å². The van der Waals surface area contributed by atoms with Gasteiger partial charge in [-0.15, -0.1) is 4.40 Å². The number of benzene rings is 2. The van der Waals surface area contributed by atoms with Crippen molar-refractivity contribution < 1.29 is 22.7 Å². The highest BCUT2D eigenvalue weighted by Gasteiger charge is 2.36. The van der Waals surface area contributed by atoms with E-state index in [4.69, 9.17) is 10.00 Å². The molecule has 0 unspecified atom stereocenters. The minimum atomic E-state index is -3.75. The molecule has 1 amide bonds. The topological polar surface area (TPSA) is 129 Å². The van der Waals surface area contributed by atoms with E-state index in [2.05, 4.69) is 9.71 Å². The number of rotatable bonds is 4. The maximum Gasteiger partial charge on any atom is 0.311 e. The summed E-state index contributed by atoms with van der Waals surface area (Å²) in [6.45, 7) is 2.30. The smallest absolute Gasteiger partial charge is 0.311 e. The molecule has 0 saturated carbocycles. The van der Waals surface area contributed by atoms with Crippen LogP contribution >= 0.6 is 0 Å². The Morgan fingerprint density at radius 1 is 1.24 bits per heavy atom. The molecule has 2 aromatic carbocycles. The van der Waals surface area contributed by atoms with E-state index < -0.39 is 33.9 Å². The SMILES string of the molecule is C[C@H](OC(=O)[C@H]1CCCN(C2=NS(=O)(=O)c3ccccc32)C1)C(=O)Nc1cccc(C#N)c1. The van der Waals surface area contributed by atoms with Crippen LogP contribution in [0.3, 0.4) is 0 Å². The molecule has 4 rings (SSSR count). The zero-order chi connectivity index (χ0) is 23.6. The first-order valence-electron chi connectivity index (χ1n) is 10.5. The highest BCUT2D eigenvalue weighted by atomic mass is 32.2. The minimum Gasteiger partial charge on any atom is -0.452 e. The van der Waals surface area contributed by atoms with Gasteiger partial charge >= 0.3 is 5.97 Å². The van der Waals surface area contributed by atoms with Crippen molar-refractivity contribution in [3.8, 4) is 6.07 Å². The molecule has 2 heterocycles. The van der Waals surface area contributed by atoms with Gasteiger partial charge in [0.05, 0.1) is 17.6 Å². The fourth-order valence-electron chi connectivity index (χ4n) is 3.91. The maximum atomic E-state index is 12.8. The minimum absolute atomic E-state index is 0.162. The van der Waals surface area contributed by atoms with Gasteiger partial charge < -0.3 is 15.0 Å². The molecule has 33 heavy (non-hydrogen) atoms. The lowest BCUT2D eigenvalue weighted by Crippen LogP contribution is -2.44. The van der Waals surface area contributed by atoms with Crippen LogP contribution in [0.15, 0.2) is 57.8 Å². The molecule has 2 atom stereocenters. The lowest BCUT2D eigenvalue weighted by atomic mass is 9.97. The van der Waals surface area contributed by atoms with Gasteiger partial charge in [-0.25, -0.2) is 0 Å². The molecular formula is C23H22N4O5S. The molecule has 1 N–H and O–H groups in total. The molecule has 2 aliphatic rings. The Bertz CT molecular complexity index is 1280. The average Bonchev–Trinajstić information content (AvgIpc) is 3.10. The van der Waals surface area contributed by atoms with Gasteiger partial charge in [0.25, 0.3) is 15.9 Å². The Labute approximate surface area is 191 Å². The van der Waals surface area contributed by atoms with E-state index in [9.17, 15) is 18.0 Å². The fraction of sp³-hybridized carbons (Fsp3) is 0.304. The summed E-state index contributed by atoms with van der Waals surface area (Å²) in [5.41, 5.74) is 1.36. The molecule has 10 heteroatoms. The number of anilines is 1. The van der Waals surface area contributed by atoms with Gasteiger partial charge in [-0.1, -0.05) is 18.2 Å². The second-order valence-electron chi connectivity index (χ2n) is 7.93. The van der Waals surface area contributed by atoms with Crippen molar-refractivity contribution in [2.45, 2.75) is 30.8 Å². The first-order chi connectivity index (χ1) is 15.8. The monoisotopic (exact) mass is 466 g/mol. The Morgan fingerprint density at radius 3 is 2.82 bits per heavy atom. The number of nitrogens with one attached hydrogen (secondary N) is 1. The van der Waals surface area contributed by atoms with E-state index in [0.29, 0.717) is 42.0 Å². The zero-order valence-electron chi connectivity index (χ0n) is 17.9. The number of amides is 1. The Kier molecular flexibility index (Phi) is 6.16. The molecular weight excluding hydrogens is 444 g/mol. The molecule has 170 valence electrons. The highest BCUT2D eigenvalue weighted by molar-refractivity contribution is 7.90. The summed E-state index contributed by atoms with van der Waals surface area (Å²) in [6.07, 6.45) is 0.182. The van der Waals surface area contributed by atoms with Crippen LogP contribution in [0.25, 0.3) is 0 Å². The zero-order valence-corrected chi connectivity index (χ0v) is 18.7. The summed E-state index contributed by atoms with van der Waals surface area (Å²) in [7, 11) is -3.75. The summed E-state index contributed by atoms with van der Waals surface area (Å²) in [5, 5.41) is 11.6. The molecule has 0 spiro atoms. The third-order valence-electron chi connectivity index (χ3n) is 5.59. The number of hydrogen-bond acceptors (Lipinski definition) is 7. The van der Waals surface area contributed by atoms with Crippen LogP contribution in [0.4, 0.5) is 5.69 Å². The number of hydrogen-bond donors (Lipinski definition) is 1. The number of amidine groups is 1. The Balaban J connectivity index is 1.40. The first kappa shape index (κ1) is 22.5. The first-order valence-corrected chi connectivity index (χ1v) is 11.9. The van der Waals surface area contributed by atoms with Crippen LogP contribution in [-0.2, 0) is 24.3 Å². The van der Waals surface area contributed by atoms with Crippen LogP contribution < -0.4 is 5.32 Å². The molecule has 2 aliphatic heterocycles. The largest absolute Gasteiger partial charge is 0.452 e. The number of carbonyl (C=O) groups excluding carboxylic acids is 2. The summed E-state index contributed by atoms with van der Waals surface area (Å²) in [5.74, 6) is -1.21. The summed E-state index contributed by atoms with van der Waals surface area (Å²) in [6, 6.07) is 15.0. The Hall–Kier alpha value is -3.71. The Morgan fingerprint density at radius 2 is 2.03 bits per heavy atom. The van der Waals surface area contributed by atoms with Crippen molar-refractivity contribution in [1.82, 2.24) is 4.90 Å². The molecule has 2 aromatic rings. The summed E-state index contributed by atoms with van der Waals surface area (Å²) >= 11 is 0. The predicted octanol–water partition coefficient (Wildman–Crippen LogP) is 2.29. The van der Waals surface area contributed by atoms with Crippen LogP contribution in [0.1, 0.15) is 30.9 Å². The molecule has 1 saturated heterocycles. The molecule has 0 aromatic heterocycles. The fourth-order valence-corrected chi connectivity index (χ4v) is 5.14. The van der Waals surface area contributed by atoms with E-state index in [0.717, 1.165) is 0 Å². The van der Waals surface area contributed by atoms with Crippen molar-refractivity contribution in [2.75, 3.05) is 18.4 Å². The van der Waals surface area contributed by atoms with Crippen LogP contribution in [0, 0.1) is 17.2 Å². The van der Waals surface area contributed by atoms with Crippen molar-refractivity contribution >= 4 is 33.4 Å². The third kappa shape index (κ3) is 4.73. The van der Waals surface area contributed by atoms with Gasteiger partial charge in [0, 0.05) is 24.3 Å². The normalized spacial score (nSPS) is 19.6. The van der Waals surface area contributed by atoms with Gasteiger partial charge in [-0.05, 0) is 50.1 Å². The van der Waals surface area contributed by atoms with Gasteiger partial charge in [0.15, 0.2) is 11.9 Å². The quantitative estimate of drug-likeness (QED) is 0.685. The van der Waals surface area contributed by atoms with Crippen molar-refractivity contribution in [3.63, 3.8) is 0 Å². The maximum absolute atomic E-state index is 12.8. The number of ether oxygens (including phenoxy) is 1. The van der Waals surface area contributed by atoms with Crippen LogP contribution in [0.2, 0.25) is 0 Å². The highest BCUT2D eigenvalue weighted by Crippen LogP contribution is 2.30. The third-order valence-corrected chi connectivity index (χ3v) is 6.91. The molecule has 0 radical (unpaired) electrons. The van der Waals surface area contributed by atoms with Crippen molar-refractivity contribution in [3.05, 3.63) is 59.7 Å². The number of nitriles is 1. The van der Waals surface area contributed by atoms with E-state index in [1.165, 1.54) is 19.1 Å². The number of fused-ring (bicyclic) bond motifs is 1. The van der Waals surface area contributed by atoms with E-state index in [-0.39, 0.29) is 11.4 Å². The summed E-state index contributed by atoms with van der Waals surface area (Å²) in [4.78, 5) is 27.2. The number of carbonyl (C=O) groups is 2. The summed E-state index contributed by atoms with van der Waals surface area (Å²) < 4.78 is 34.1. The number of piperidine rings is 1. The molecule has 0 aliphatic carbocycles. The predicted molar refractivity (Wildman–Crippen MR) is 120 cm³/mol. The molecule has 1 fully saturated rings. The lowest BCUT2D eigenvalue weighted by molar-refractivity contribution is -0.158. The van der Waals surface area contributed by atoms with Gasteiger partial charge in [0.1, 0.15) is 4.90 Å². The van der Waals surface area contributed by atoms with Crippen LogP contribution in [-0.4, -0.2) is 50.2 Å². The van der Waals surface area contributed by atoms with Gasteiger partial charge in [-0.2, -0.15) is 13.7 Å². The van der Waals surface area contributed by atoms with E-state index in [1.54, 1.807) is 41.3 Å². The van der Waals surface area contributed by atoms with E-state index >= 15 is 0 Å². The number of nitrogens with zero attached hydrogens (tertiary/aromatic N) is 3. The standard InChI is InChI=1S/C23H22N4O5S/c1-15(22(28)25-18-8-4-6-16(12-18)13-24)32-23(29)17-7-5-11-27(14-17)21-19-9-2-3-10-20(19)33(30,31)26-21/h2-4,6,8-10,12,15,17H,5,7,11,14H2,1H3,(H,25,28)/t15-,17-/m0/s1. The number of sulfonamides is 1. The molecule has 9 nitrogen and oxygen atoms in total. The second kappa shape index (κ2) is 9.03. The molecule has 0 bridgehead atoms. The van der Waals surface area contributed by atoms with Gasteiger partial charge in [-0.3, -0.25) is 9.59 Å².